The van der Waals surface area contributed by atoms with Gasteiger partial charge in [0.05, 0.1) is 11.7 Å². The molecule has 0 fully saturated rings. The van der Waals surface area contributed by atoms with Gasteiger partial charge in [-0.2, -0.15) is 0 Å². The number of sulfonamides is 1. The van der Waals surface area contributed by atoms with Crippen LogP contribution in [0.2, 0.25) is 0 Å². The number of anilines is 1. The minimum Gasteiger partial charge on any atom is -0.480 e. The third-order valence-corrected chi connectivity index (χ3v) is 9.95. The Balaban J connectivity index is 2.15. The van der Waals surface area contributed by atoms with E-state index in [1.54, 1.807) is 77.1 Å². The zero-order chi connectivity index (χ0) is 33.1. The molecule has 0 aliphatic carbocycles. The quantitative estimate of drug-likeness (QED) is 0.234. The molecule has 2 atom stereocenters. The first-order chi connectivity index (χ1) is 20.2. The van der Waals surface area contributed by atoms with Gasteiger partial charge in [0.25, 0.3) is 10.0 Å². The number of aromatic nitrogens is 2. The highest BCUT2D eigenvalue weighted by atomic mass is 32.2. The summed E-state index contributed by atoms with van der Waals surface area (Å²) < 4.78 is 35.3. The number of hydrogen-bond donors (Lipinski definition) is 2. The minimum atomic E-state index is -4.08. The molecule has 0 aliphatic rings. The Labute approximate surface area is 264 Å². The molecule has 0 aromatic carbocycles. The third kappa shape index (κ3) is 8.86. The molecule has 3 rings (SSSR count). The lowest BCUT2D eigenvalue weighted by Gasteiger charge is -2.37. The van der Waals surface area contributed by atoms with Crippen LogP contribution in [0.5, 0.6) is 0 Å². The van der Waals surface area contributed by atoms with E-state index in [1.807, 2.05) is 6.07 Å². The van der Waals surface area contributed by atoms with Crippen LogP contribution < -0.4 is 9.62 Å². The Morgan fingerprint density at radius 1 is 1.00 bits per heavy atom. The lowest BCUT2D eigenvalue weighted by Crippen LogP contribution is -2.54. The van der Waals surface area contributed by atoms with Crippen molar-refractivity contribution in [2.24, 2.45) is 5.41 Å². The number of thiophene rings is 1. The van der Waals surface area contributed by atoms with Gasteiger partial charge in [0.15, 0.2) is 5.03 Å². The molecule has 3 aromatic heterocycles. The van der Waals surface area contributed by atoms with Gasteiger partial charge in [-0.1, -0.05) is 53.7 Å². The summed E-state index contributed by atoms with van der Waals surface area (Å²) in [4.78, 5) is 38.0. The lowest BCUT2D eigenvalue weighted by molar-refractivity contribution is -0.141. The first kappa shape index (κ1) is 35.1. The van der Waals surface area contributed by atoms with Crippen LogP contribution in [0.1, 0.15) is 90.2 Å². The van der Waals surface area contributed by atoms with Crippen molar-refractivity contribution in [3.05, 3.63) is 70.2 Å². The Bertz CT molecular complexity index is 1560. The number of amides is 1. The minimum absolute atomic E-state index is 0.0279. The Hall–Kier alpha value is -3.35. The average molecular weight is 645 g/mol. The Morgan fingerprint density at radius 3 is 2.23 bits per heavy atom. The number of carboxylic acid groups (broad SMARTS) is 1. The Morgan fingerprint density at radius 2 is 1.68 bits per heavy atom. The van der Waals surface area contributed by atoms with Crippen molar-refractivity contribution >= 4 is 39.2 Å². The maximum absolute atomic E-state index is 13.5. The van der Waals surface area contributed by atoms with Crippen molar-refractivity contribution in [3.8, 4) is 0 Å². The number of ether oxygens (including phenoxy) is 1. The molecule has 1 amide bonds. The molecule has 10 nitrogen and oxygen atoms in total. The number of nitrogens with one attached hydrogen (secondary N) is 1. The van der Waals surface area contributed by atoms with E-state index in [2.05, 4.69) is 36.5 Å². The average Bonchev–Trinajstić information content (AvgIpc) is 3.39. The van der Waals surface area contributed by atoms with Crippen molar-refractivity contribution in [1.29, 1.82) is 0 Å². The highest BCUT2D eigenvalue weighted by Gasteiger charge is 2.43. The summed E-state index contributed by atoms with van der Waals surface area (Å²) in [5.41, 5.74) is -1.55. The molecule has 0 saturated heterocycles. The predicted octanol–water partition coefficient (Wildman–Crippen LogP) is 6.73. The predicted molar refractivity (Wildman–Crippen MR) is 172 cm³/mol. The molecule has 2 N–H and O–H groups in total. The smallest absolute Gasteiger partial charge is 0.416 e. The van der Waals surface area contributed by atoms with Gasteiger partial charge in [-0.15, -0.1) is 11.3 Å². The number of pyridine rings is 2. The van der Waals surface area contributed by atoms with E-state index in [-0.39, 0.29) is 22.7 Å². The van der Waals surface area contributed by atoms with Crippen molar-refractivity contribution < 1.29 is 27.9 Å². The summed E-state index contributed by atoms with van der Waals surface area (Å²) in [5.74, 6) is -1.20. The molecule has 0 aliphatic heterocycles. The largest absolute Gasteiger partial charge is 0.480 e. The standard InChI is InChI=1S/C32H44N4O6S2/c1-10-32(8,9)24-18-17-21(43-24)20-23(35-44(40,41)26-16-11-12-19-33-26)22-14-13-15-25(34-22)36(29(39)42-31(5,6)7)27(28(37)38)30(2,3)4/h11-19,23,27,35H,10,20H2,1-9H3,(H,37,38). The van der Waals surface area contributed by atoms with E-state index >= 15 is 0 Å². The molecular weight excluding hydrogens is 601 g/mol. The fourth-order valence-corrected chi connectivity index (χ4v) is 6.85. The van der Waals surface area contributed by atoms with Gasteiger partial charge in [-0.25, -0.2) is 37.6 Å². The van der Waals surface area contributed by atoms with E-state index in [0.29, 0.717) is 5.69 Å². The summed E-state index contributed by atoms with van der Waals surface area (Å²) in [6.07, 6.45) is 1.73. The number of carbonyl (C=O) groups is 2. The maximum Gasteiger partial charge on any atom is 0.416 e. The summed E-state index contributed by atoms with van der Waals surface area (Å²) in [6, 6.07) is 11.3. The fourth-order valence-electron chi connectivity index (χ4n) is 4.47. The maximum atomic E-state index is 13.5. The first-order valence-electron chi connectivity index (χ1n) is 14.5. The lowest BCUT2D eigenvalue weighted by atomic mass is 9.85. The zero-order valence-electron chi connectivity index (χ0n) is 26.9. The highest BCUT2D eigenvalue weighted by molar-refractivity contribution is 7.89. The van der Waals surface area contributed by atoms with Gasteiger partial charge in [0, 0.05) is 22.4 Å². The summed E-state index contributed by atoms with van der Waals surface area (Å²) in [7, 11) is -4.08. The number of aliphatic carboxylic acids is 1. The van der Waals surface area contributed by atoms with Gasteiger partial charge in [0.1, 0.15) is 17.5 Å². The molecular formula is C32H44N4O6S2. The van der Waals surface area contributed by atoms with E-state index in [4.69, 9.17) is 9.72 Å². The molecule has 3 heterocycles. The van der Waals surface area contributed by atoms with Crippen LogP contribution in [0.25, 0.3) is 0 Å². The highest BCUT2D eigenvalue weighted by Crippen LogP contribution is 2.35. The summed E-state index contributed by atoms with van der Waals surface area (Å²) in [5, 5.41) is 10.1. The second kappa shape index (κ2) is 13.3. The van der Waals surface area contributed by atoms with Gasteiger partial charge in [-0.3, -0.25) is 0 Å². The molecule has 0 saturated carbocycles. The number of rotatable bonds is 11. The van der Waals surface area contributed by atoms with E-state index < -0.39 is 45.2 Å². The van der Waals surface area contributed by atoms with Gasteiger partial charge >= 0.3 is 12.1 Å². The van der Waals surface area contributed by atoms with Crippen molar-refractivity contribution in [1.82, 2.24) is 14.7 Å². The number of carboxylic acids is 1. The molecule has 2 unspecified atom stereocenters. The van der Waals surface area contributed by atoms with E-state index in [1.165, 1.54) is 23.2 Å². The van der Waals surface area contributed by atoms with Crippen molar-refractivity contribution in [3.63, 3.8) is 0 Å². The number of nitrogens with zero attached hydrogens (tertiary/aromatic N) is 3. The van der Waals surface area contributed by atoms with Crippen LogP contribution in [0, 0.1) is 5.41 Å². The van der Waals surface area contributed by atoms with Crippen LogP contribution in [0.4, 0.5) is 10.6 Å². The first-order valence-corrected chi connectivity index (χ1v) is 16.8. The van der Waals surface area contributed by atoms with Crippen LogP contribution in [-0.2, 0) is 31.4 Å². The van der Waals surface area contributed by atoms with Crippen molar-refractivity contribution in [2.45, 2.75) is 103 Å². The normalized spacial score (nSPS) is 14.1. The van der Waals surface area contributed by atoms with Crippen LogP contribution in [0.15, 0.2) is 59.8 Å². The fraction of sp³-hybridized carbons (Fsp3) is 0.500. The topological polar surface area (TPSA) is 139 Å². The number of carbonyl (C=O) groups excluding carboxylic acids is 1. The second-order valence-corrected chi connectivity index (χ2v) is 16.3. The molecule has 0 bridgehead atoms. The third-order valence-electron chi connectivity index (χ3n) is 7.09. The van der Waals surface area contributed by atoms with Crippen LogP contribution >= 0.6 is 11.3 Å². The monoisotopic (exact) mass is 644 g/mol. The Kier molecular flexibility index (Phi) is 10.6. The molecule has 0 spiro atoms. The second-order valence-electron chi connectivity index (χ2n) is 13.4. The zero-order valence-corrected chi connectivity index (χ0v) is 28.5. The summed E-state index contributed by atoms with van der Waals surface area (Å²) in [6.45, 7) is 16.7. The molecule has 240 valence electrons. The molecule has 12 heteroatoms. The molecule has 44 heavy (non-hydrogen) atoms. The van der Waals surface area contributed by atoms with Crippen molar-refractivity contribution in [2.75, 3.05) is 4.90 Å². The van der Waals surface area contributed by atoms with Crippen LogP contribution in [0.3, 0.4) is 0 Å². The molecule has 0 radical (unpaired) electrons. The van der Waals surface area contributed by atoms with Gasteiger partial charge in [-0.05, 0) is 74.4 Å². The van der Waals surface area contributed by atoms with Gasteiger partial charge in [0.2, 0.25) is 0 Å². The van der Waals surface area contributed by atoms with Gasteiger partial charge < -0.3 is 9.84 Å². The van der Waals surface area contributed by atoms with E-state index in [9.17, 15) is 23.1 Å². The molecule has 3 aromatic rings. The SMILES string of the molecule is CCC(C)(C)c1ccc(CC(NS(=O)(=O)c2ccccn2)c2cccc(N(C(=O)OC(C)(C)C)C(C(=O)O)C(C)(C)C)n2)s1. The number of hydrogen-bond acceptors (Lipinski definition) is 8. The van der Waals surface area contributed by atoms with Crippen LogP contribution in [-0.4, -0.2) is 47.2 Å². The summed E-state index contributed by atoms with van der Waals surface area (Å²) >= 11 is 1.60. The van der Waals surface area contributed by atoms with E-state index in [0.717, 1.165) is 16.2 Å².